The van der Waals surface area contributed by atoms with Gasteiger partial charge in [-0.2, -0.15) is 0 Å². The molecule has 2 N–H and O–H groups in total. The summed E-state index contributed by atoms with van der Waals surface area (Å²) in [5, 5.41) is 9.51. The predicted octanol–water partition coefficient (Wildman–Crippen LogP) is 4.06. The van der Waals surface area contributed by atoms with E-state index in [9.17, 15) is 0 Å². The third kappa shape index (κ3) is 8.89. The molecule has 1 fully saturated rings. The van der Waals surface area contributed by atoms with E-state index in [1.807, 2.05) is 51.5 Å². The molecular formula is C17H28ClN3OS. The Labute approximate surface area is 150 Å². The summed E-state index contributed by atoms with van der Waals surface area (Å²) in [5.74, 6) is 0. The van der Waals surface area contributed by atoms with Gasteiger partial charge in [0.1, 0.15) is 11.3 Å². The summed E-state index contributed by atoms with van der Waals surface area (Å²) in [7, 11) is 2.90. The van der Waals surface area contributed by atoms with Gasteiger partial charge in [-0.1, -0.05) is 62.6 Å². The first kappa shape index (κ1) is 21.8. The highest BCUT2D eigenvalue weighted by atomic mass is 35.5. The maximum Gasteiger partial charge on any atom is 0.125 e. The van der Waals surface area contributed by atoms with Crippen molar-refractivity contribution in [2.45, 2.75) is 45.6 Å². The summed E-state index contributed by atoms with van der Waals surface area (Å²) >= 11 is 11.2. The highest BCUT2D eigenvalue weighted by Gasteiger charge is 2.12. The van der Waals surface area contributed by atoms with Crippen LogP contribution in [0.15, 0.2) is 29.3 Å². The molecule has 1 aliphatic rings. The number of halogens is 1. The van der Waals surface area contributed by atoms with E-state index in [4.69, 9.17) is 28.9 Å². The maximum absolute atomic E-state index is 7.00. The van der Waals surface area contributed by atoms with Crippen molar-refractivity contribution in [2.24, 2.45) is 4.99 Å². The minimum Gasteiger partial charge on any atom is -0.400 e. The minimum absolute atomic E-state index is 0.480. The van der Waals surface area contributed by atoms with Crippen LogP contribution in [0.4, 0.5) is 0 Å². The van der Waals surface area contributed by atoms with Crippen molar-refractivity contribution in [1.29, 1.82) is 0 Å². The fraction of sp³-hybridized carbons (Fsp3) is 0.529. The average molecular weight is 358 g/mol. The first-order valence-electron chi connectivity index (χ1n) is 7.92. The Morgan fingerprint density at radius 1 is 1.26 bits per heavy atom. The van der Waals surface area contributed by atoms with Gasteiger partial charge in [0.2, 0.25) is 0 Å². The average Bonchev–Trinajstić information content (AvgIpc) is 3.11. The monoisotopic (exact) mass is 357 g/mol. The molecule has 0 spiro atoms. The molecule has 4 nitrogen and oxygen atoms in total. The summed E-state index contributed by atoms with van der Waals surface area (Å²) < 4.78 is 0. The third-order valence-electron chi connectivity index (χ3n) is 3.16. The van der Waals surface area contributed by atoms with Gasteiger partial charge in [0, 0.05) is 24.7 Å². The number of nitrogens with zero attached hydrogens (tertiary/aromatic N) is 2. The summed E-state index contributed by atoms with van der Waals surface area (Å²) in [4.78, 5) is 5.21. The molecule has 1 aliphatic carbocycles. The SMILES string of the molecule is CC.CN(C=NC1CCCC1)NC(=S)c1ccc(Cl)cc1.CO. The van der Waals surface area contributed by atoms with E-state index in [0.29, 0.717) is 16.1 Å². The van der Waals surface area contributed by atoms with Crippen molar-refractivity contribution in [3.8, 4) is 0 Å². The van der Waals surface area contributed by atoms with E-state index in [-0.39, 0.29) is 0 Å². The van der Waals surface area contributed by atoms with Crippen molar-refractivity contribution in [3.63, 3.8) is 0 Å². The van der Waals surface area contributed by atoms with Crippen molar-refractivity contribution < 1.29 is 5.11 Å². The molecule has 1 aromatic carbocycles. The smallest absolute Gasteiger partial charge is 0.125 e. The van der Waals surface area contributed by atoms with Crippen LogP contribution in [-0.2, 0) is 0 Å². The molecule has 0 aromatic heterocycles. The summed E-state index contributed by atoms with van der Waals surface area (Å²) in [6.45, 7) is 4.00. The normalized spacial score (nSPS) is 13.7. The van der Waals surface area contributed by atoms with Crippen LogP contribution in [0, 0.1) is 0 Å². The Morgan fingerprint density at radius 3 is 2.30 bits per heavy atom. The van der Waals surface area contributed by atoms with E-state index in [1.54, 1.807) is 5.01 Å². The van der Waals surface area contributed by atoms with Crippen LogP contribution >= 0.6 is 23.8 Å². The molecule has 0 unspecified atom stereocenters. The van der Waals surface area contributed by atoms with Crippen molar-refractivity contribution in [1.82, 2.24) is 10.4 Å². The Kier molecular flexibility index (Phi) is 12.6. The first-order valence-corrected chi connectivity index (χ1v) is 8.71. The highest BCUT2D eigenvalue weighted by molar-refractivity contribution is 7.80. The van der Waals surface area contributed by atoms with Gasteiger partial charge in [-0.25, -0.2) is 0 Å². The number of thiocarbonyl (C=S) groups is 1. The van der Waals surface area contributed by atoms with Gasteiger partial charge >= 0.3 is 0 Å². The van der Waals surface area contributed by atoms with Crippen LogP contribution in [0.3, 0.4) is 0 Å². The molecule has 0 radical (unpaired) electrons. The molecular weight excluding hydrogens is 330 g/mol. The van der Waals surface area contributed by atoms with Gasteiger partial charge in [0.05, 0.1) is 6.04 Å². The van der Waals surface area contributed by atoms with Crippen LogP contribution in [0.25, 0.3) is 0 Å². The Morgan fingerprint density at radius 2 is 1.78 bits per heavy atom. The van der Waals surface area contributed by atoms with Crippen LogP contribution < -0.4 is 5.43 Å². The zero-order chi connectivity index (χ0) is 17.7. The lowest BCUT2D eigenvalue weighted by molar-refractivity contribution is 0.399. The van der Waals surface area contributed by atoms with E-state index in [1.165, 1.54) is 25.7 Å². The Hall–Kier alpha value is -1.17. The van der Waals surface area contributed by atoms with Gasteiger partial charge in [-0.05, 0) is 25.0 Å². The van der Waals surface area contributed by atoms with E-state index >= 15 is 0 Å². The predicted molar refractivity (Wildman–Crippen MR) is 104 cm³/mol. The van der Waals surface area contributed by atoms with Gasteiger partial charge < -0.3 is 5.11 Å². The van der Waals surface area contributed by atoms with Crippen LogP contribution in [0.1, 0.15) is 45.1 Å². The van der Waals surface area contributed by atoms with Gasteiger partial charge in [-0.3, -0.25) is 15.4 Å². The van der Waals surface area contributed by atoms with Crippen LogP contribution in [0.5, 0.6) is 0 Å². The number of aliphatic hydroxyl groups is 1. The molecule has 0 saturated heterocycles. The fourth-order valence-electron chi connectivity index (χ4n) is 2.10. The van der Waals surface area contributed by atoms with Gasteiger partial charge in [0.25, 0.3) is 0 Å². The molecule has 0 heterocycles. The number of aliphatic imine (C=N–C) groups is 1. The fourth-order valence-corrected chi connectivity index (χ4v) is 2.51. The zero-order valence-electron chi connectivity index (χ0n) is 14.4. The molecule has 6 heteroatoms. The second kappa shape index (κ2) is 13.3. The zero-order valence-corrected chi connectivity index (χ0v) is 16.0. The second-order valence-electron chi connectivity index (χ2n) is 4.76. The second-order valence-corrected chi connectivity index (χ2v) is 5.61. The summed E-state index contributed by atoms with van der Waals surface area (Å²) in [5.41, 5.74) is 4.06. The number of hydrogen-bond donors (Lipinski definition) is 2. The van der Waals surface area contributed by atoms with Crippen molar-refractivity contribution >= 4 is 35.1 Å². The standard InChI is InChI=1S/C14H18ClN3S.C2H6.CH4O/c1-18(10-16-13-4-2-3-5-13)17-14(19)11-6-8-12(15)9-7-11;2*1-2/h6-10,13H,2-5H2,1H3,(H,17,19);1-2H3;2H,1H3. The largest absolute Gasteiger partial charge is 0.400 e. The quantitative estimate of drug-likeness (QED) is 0.369. The van der Waals surface area contributed by atoms with Gasteiger partial charge in [-0.15, -0.1) is 0 Å². The van der Waals surface area contributed by atoms with Crippen molar-refractivity contribution in [3.05, 3.63) is 34.9 Å². The van der Waals surface area contributed by atoms with Crippen LogP contribution in [-0.4, -0.2) is 41.6 Å². The molecule has 0 aliphatic heterocycles. The van der Waals surface area contributed by atoms with E-state index in [0.717, 1.165) is 12.7 Å². The third-order valence-corrected chi connectivity index (χ3v) is 3.74. The molecule has 2 rings (SSSR count). The first-order chi connectivity index (χ1) is 11.1. The van der Waals surface area contributed by atoms with E-state index in [2.05, 4.69) is 10.4 Å². The molecule has 0 bridgehead atoms. The number of nitrogens with one attached hydrogen (secondary N) is 1. The number of rotatable bonds is 4. The lowest BCUT2D eigenvalue weighted by Crippen LogP contribution is -2.37. The highest BCUT2D eigenvalue weighted by Crippen LogP contribution is 2.20. The minimum atomic E-state index is 0.480. The van der Waals surface area contributed by atoms with Crippen molar-refractivity contribution in [2.75, 3.05) is 14.2 Å². The number of hydrogen-bond acceptors (Lipinski definition) is 3. The molecule has 0 amide bonds. The molecule has 1 aromatic rings. The molecule has 1 saturated carbocycles. The Bertz CT molecular complexity index is 459. The maximum atomic E-state index is 7.00. The molecule has 0 atom stereocenters. The topological polar surface area (TPSA) is 47.9 Å². The Balaban J connectivity index is 0.00000112. The van der Waals surface area contributed by atoms with E-state index < -0.39 is 0 Å². The summed E-state index contributed by atoms with van der Waals surface area (Å²) in [6, 6.07) is 7.95. The summed E-state index contributed by atoms with van der Waals surface area (Å²) in [6.07, 6.45) is 6.81. The lowest BCUT2D eigenvalue weighted by Gasteiger charge is -2.17. The number of hydrazine groups is 1. The number of benzene rings is 1. The molecule has 23 heavy (non-hydrogen) atoms. The lowest BCUT2D eigenvalue weighted by atomic mass is 10.2. The van der Waals surface area contributed by atoms with Crippen LogP contribution in [0.2, 0.25) is 5.02 Å². The number of aliphatic hydroxyl groups excluding tert-OH is 1. The molecule has 130 valence electrons. The van der Waals surface area contributed by atoms with Gasteiger partial charge in [0.15, 0.2) is 0 Å².